The zero-order valence-corrected chi connectivity index (χ0v) is 15.1. The van der Waals surface area contributed by atoms with E-state index in [4.69, 9.17) is 4.74 Å². The highest BCUT2D eigenvalue weighted by Crippen LogP contribution is 2.60. The largest absolute Gasteiger partial charge is 0.377 e. The third kappa shape index (κ3) is 2.82. The van der Waals surface area contributed by atoms with E-state index in [0.29, 0.717) is 35.6 Å². The fourth-order valence-corrected chi connectivity index (χ4v) is 5.25. The van der Waals surface area contributed by atoms with Crippen molar-refractivity contribution in [1.82, 2.24) is 10.6 Å². The molecule has 1 heterocycles. The molecule has 1 aromatic carbocycles. The minimum absolute atomic E-state index is 0.156. The lowest BCUT2D eigenvalue weighted by Crippen LogP contribution is -2.69. The molecule has 1 saturated heterocycles. The van der Waals surface area contributed by atoms with Gasteiger partial charge in [0, 0.05) is 37.6 Å². The van der Waals surface area contributed by atoms with Crippen LogP contribution in [0.1, 0.15) is 43.2 Å². The van der Waals surface area contributed by atoms with Crippen molar-refractivity contribution in [2.45, 2.75) is 57.7 Å². The maximum absolute atomic E-state index is 13.4. The molecule has 3 atom stereocenters. The van der Waals surface area contributed by atoms with Crippen LogP contribution in [-0.2, 0) is 11.3 Å². The van der Waals surface area contributed by atoms with Crippen molar-refractivity contribution in [3.05, 3.63) is 35.1 Å². The van der Waals surface area contributed by atoms with Gasteiger partial charge in [-0.25, -0.2) is 4.39 Å². The van der Waals surface area contributed by atoms with Gasteiger partial charge in [-0.15, -0.1) is 0 Å². The molecule has 3 aliphatic rings. The van der Waals surface area contributed by atoms with Gasteiger partial charge in [0.2, 0.25) is 0 Å². The molecule has 5 heteroatoms. The Morgan fingerprint density at radius 1 is 1.36 bits per heavy atom. The molecule has 2 N–H and O–H groups in total. The van der Waals surface area contributed by atoms with Crippen molar-refractivity contribution < 1.29 is 9.13 Å². The normalized spacial score (nSPS) is 30.2. The number of hydrogen-bond acceptors (Lipinski definition) is 2. The van der Waals surface area contributed by atoms with E-state index in [9.17, 15) is 4.39 Å². The Labute approximate surface area is 149 Å². The first kappa shape index (κ1) is 16.8. The highest BCUT2D eigenvalue weighted by atomic mass is 19.1. The number of nitrogens with zero attached hydrogens (tertiary/aromatic N) is 1. The summed E-state index contributed by atoms with van der Waals surface area (Å²) in [5.41, 5.74) is 2.05. The van der Waals surface area contributed by atoms with Crippen molar-refractivity contribution in [3.63, 3.8) is 0 Å². The molecule has 2 saturated carbocycles. The van der Waals surface area contributed by atoms with E-state index in [1.54, 1.807) is 6.92 Å². The predicted octanol–water partition coefficient (Wildman–Crippen LogP) is 3.15. The maximum Gasteiger partial charge on any atom is 0.191 e. The standard InChI is InChI=1S/C20H28FN3O/c1-13-11-14(5-6-16(13)21)12-23-19(22-2)24-17-15-7-10-25-18(15)20(17)8-3-4-9-20/h5-6,11,15,17-18H,3-4,7-10,12H2,1-2H3,(H2,22,23,24). The number of fused-ring (bicyclic) bond motifs is 2. The van der Waals surface area contributed by atoms with Crippen molar-refractivity contribution >= 4 is 5.96 Å². The molecule has 1 aromatic rings. The van der Waals surface area contributed by atoms with Gasteiger partial charge in [-0.2, -0.15) is 0 Å². The fourth-order valence-electron chi connectivity index (χ4n) is 5.25. The van der Waals surface area contributed by atoms with Crippen LogP contribution >= 0.6 is 0 Å². The Hall–Kier alpha value is -1.62. The summed E-state index contributed by atoms with van der Waals surface area (Å²) in [4.78, 5) is 4.41. The molecule has 4 rings (SSSR count). The average molecular weight is 345 g/mol. The summed E-state index contributed by atoms with van der Waals surface area (Å²) in [6.45, 7) is 3.34. The molecule has 4 nitrogen and oxygen atoms in total. The Kier molecular flexibility index (Phi) is 4.44. The zero-order chi connectivity index (χ0) is 17.4. The first-order chi connectivity index (χ1) is 12.1. The number of hydrogen-bond donors (Lipinski definition) is 2. The molecule has 1 aliphatic heterocycles. The number of ether oxygens (including phenoxy) is 1. The van der Waals surface area contributed by atoms with Crippen molar-refractivity contribution in [2.75, 3.05) is 13.7 Å². The summed E-state index contributed by atoms with van der Waals surface area (Å²) in [6.07, 6.45) is 6.75. The first-order valence-corrected chi connectivity index (χ1v) is 9.48. The highest BCUT2D eigenvalue weighted by Gasteiger charge is 2.65. The number of guanidine groups is 1. The van der Waals surface area contributed by atoms with Gasteiger partial charge < -0.3 is 15.4 Å². The molecule has 1 spiro atoms. The monoisotopic (exact) mass is 345 g/mol. The topological polar surface area (TPSA) is 45.7 Å². The lowest BCUT2D eigenvalue weighted by molar-refractivity contribution is -0.125. The molecule has 3 fully saturated rings. The smallest absolute Gasteiger partial charge is 0.191 e. The van der Waals surface area contributed by atoms with E-state index < -0.39 is 0 Å². The summed E-state index contributed by atoms with van der Waals surface area (Å²) < 4.78 is 19.5. The SMILES string of the molecule is CN=C(NCc1ccc(F)c(C)c1)NC1C2CCOC2C12CCCC2. The van der Waals surface area contributed by atoms with Gasteiger partial charge in [-0.3, -0.25) is 4.99 Å². The number of rotatable bonds is 3. The molecule has 136 valence electrons. The van der Waals surface area contributed by atoms with E-state index in [0.717, 1.165) is 24.6 Å². The van der Waals surface area contributed by atoms with E-state index in [1.165, 1.54) is 31.7 Å². The third-order valence-corrected chi connectivity index (χ3v) is 6.48. The Bertz CT molecular complexity index is 669. The quantitative estimate of drug-likeness (QED) is 0.653. The molecule has 2 aliphatic carbocycles. The van der Waals surface area contributed by atoms with E-state index >= 15 is 0 Å². The minimum Gasteiger partial charge on any atom is -0.377 e. The number of nitrogens with one attached hydrogen (secondary N) is 2. The van der Waals surface area contributed by atoms with Crippen LogP contribution in [0.25, 0.3) is 0 Å². The second kappa shape index (κ2) is 6.60. The lowest BCUT2D eigenvalue weighted by atomic mass is 9.54. The molecule has 3 unspecified atom stereocenters. The van der Waals surface area contributed by atoms with Gasteiger partial charge in [0.25, 0.3) is 0 Å². The lowest BCUT2D eigenvalue weighted by Gasteiger charge is -2.57. The molecular formula is C20H28FN3O. The van der Waals surface area contributed by atoms with Crippen LogP contribution in [0.5, 0.6) is 0 Å². The van der Waals surface area contributed by atoms with Gasteiger partial charge in [-0.05, 0) is 43.4 Å². The minimum atomic E-state index is -0.156. The van der Waals surface area contributed by atoms with Crippen LogP contribution in [0.15, 0.2) is 23.2 Å². The number of aliphatic imine (C=N–C) groups is 1. The predicted molar refractivity (Wildman–Crippen MR) is 97.0 cm³/mol. The molecule has 0 bridgehead atoms. The second-order valence-electron chi connectivity index (χ2n) is 7.82. The molecular weight excluding hydrogens is 317 g/mol. The van der Waals surface area contributed by atoms with Gasteiger partial charge in [0.05, 0.1) is 6.10 Å². The first-order valence-electron chi connectivity index (χ1n) is 9.48. The Morgan fingerprint density at radius 3 is 2.88 bits per heavy atom. The van der Waals surface area contributed by atoms with Crippen LogP contribution in [0, 0.1) is 24.1 Å². The fraction of sp³-hybridized carbons (Fsp3) is 0.650. The van der Waals surface area contributed by atoms with Crippen molar-refractivity contribution in [1.29, 1.82) is 0 Å². The number of benzene rings is 1. The van der Waals surface area contributed by atoms with Crippen LogP contribution in [-0.4, -0.2) is 31.8 Å². The van der Waals surface area contributed by atoms with Gasteiger partial charge in [0.1, 0.15) is 5.82 Å². The summed E-state index contributed by atoms with van der Waals surface area (Å²) in [6, 6.07) is 5.70. The molecule has 0 aromatic heterocycles. The van der Waals surface area contributed by atoms with Crippen LogP contribution in [0.2, 0.25) is 0 Å². The van der Waals surface area contributed by atoms with Gasteiger partial charge in [-0.1, -0.05) is 25.0 Å². The maximum atomic E-state index is 13.4. The highest BCUT2D eigenvalue weighted by molar-refractivity contribution is 5.80. The van der Waals surface area contributed by atoms with E-state index in [-0.39, 0.29) is 5.82 Å². The number of aryl methyl sites for hydroxylation is 1. The summed E-state index contributed by atoms with van der Waals surface area (Å²) in [5.74, 6) is 1.30. The summed E-state index contributed by atoms with van der Waals surface area (Å²) in [5, 5.41) is 7.08. The van der Waals surface area contributed by atoms with Crippen LogP contribution in [0.4, 0.5) is 4.39 Å². The van der Waals surface area contributed by atoms with Crippen LogP contribution < -0.4 is 10.6 Å². The molecule has 0 radical (unpaired) electrons. The molecule has 0 amide bonds. The Balaban J connectivity index is 1.41. The van der Waals surface area contributed by atoms with E-state index in [2.05, 4.69) is 15.6 Å². The Morgan fingerprint density at radius 2 is 2.16 bits per heavy atom. The van der Waals surface area contributed by atoms with Crippen LogP contribution in [0.3, 0.4) is 0 Å². The summed E-state index contributed by atoms with van der Waals surface area (Å²) in [7, 11) is 1.81. The van der Waals surface area contributed by atoms with Crippen molar-refractivity contribution in [3.8, 4) is 0 Å². The van der Waals surface area contributed by atoms with Gasteiger partial charge in [0.15, 0.2) is 5.96 Å². The average Bonchev–Trinajstić information content (AvgIpc) is 3.26. The zero-order valence-electron chi connectivity index (χ0n) is 15.1. The van der Waals surface area contributed by atoms with Gasteiger partial charge >= 0.3 is 0 Å². The third-order valence-electron chi connectivity index (χ3n) is 6.48. The second-order valence-corrected chi connectivity index (χ2v) is 7.82. The molecule has 25 heavy (non-hydrogen) atoms. The summed E-state index contributed by atoms with van der Waals surface area (Å²) >= 11 is 0. The van der Waals surface area contributed by atoms with Crippen molar-refractivity contribution in [2.24, 2.45) is 16.3 Å². The van der Waals surface area contributed by atoms with E-state index in [1.807, 2.05) is 19.2 Å². The number of halogens is 1.